The van der Waals surface area contributed by atoms with Gasteiger partial charge in [-0.25, -0.2) is 9.78 Å². The molecular formula is C26H25N3O2S. The van der Waals surface area contributed by atoms with Crippen molar-refractivity contribution in [3.05, 3.63) is 77.6 Å². The molecule has 5 rings (SSSR count). The second-order valence-electron chi connectivity index (χ2n) is 8.21. The Bertz CT molecular complexity index is 1260. The Morgan fingerprint density at radius 3 is 2.19 bits per heavy atom. The molecule has 0 bridgehead atoms. The van der Waals surface area contributed by atoms with Crippen LogP contribution >= 0.6 is 11.8 Å². The zero-order valence-corrected chi connectivity index (χ0v) is 18.8. The van der Waals surface area contributed by atoms with Gasteiger partial charge in [0.1, 0.15) is 11.3 Å². The van der Waals surface area contributed by atoms with Gasteiger partial charge in [0.15, 0.2) is 0 Å². The molecule has 6 heteroatoms. The number of fused-ring (bicyclic) bond motifs is 1. The van der Waals surface area contributed by atoms with Gasteiger partial charge in [0.25, 0.3) is 0 Å². The van der Waals surface area contributed by atoms with Crippen LogP contribution in [0.4, 0.5) is 0 Å². The molecule has 0 atom stereocenters. The number of hydrogen-bond donors (Lipinski definition) is 2. The van der Waals surface area contributed by atoms with E-state index in [-0.39, 0.29) is 5.56 Å². The fourth-order valence-corrected chi connectivity index (χ4v) is 5.22. The molecule has 0 radical (unpaired) electrons. The minimum atomic E-state index is -0.969. The van der Waals surface area contributed by atoms with E-state index >= 15 is 0 Å². The SMILES string of the molecule is Cc1nc2c(C(=O)O)cc(-c3ccc(-c4ccc(CN5CCSCC5)cc4)cc3)cc2[nH]1. The van der Waals surface area contributed by atoms with Crippen LogP contribution in [0.2, 0.25) is 0 Å². The lowest BCUT2D eigenvalue weighted by Crippen LogP contribution is -2.31. The molecule has 0 aliphatic carbocycles. The molecule has 1 aliphatic heterocycles. The summed E-state index contributed by atoms with van der Waals surface area (Å²) in [4.78, 5) is 21.7. The highest BCUT2D eigenvalue weighted by Gasteiger charge is 2.15. The van der Waals surface area contributed by atoms with Crippen molar-refractivity contribution in [3.8, 4) is 22.3 Å². The van der Waals surface area contributed by atoms with Crippen molar-refractivity contribution in [1.82, 2.24) is 14.9 Å². The van der Waals surface area contributed by atoms with Crippen LogP contribution in [0.1, 0.15) is 21.7 Å². The van der Waals surface area contributed by atoms with Crippen LogP contribution in [-0.2, 0) is 6.54 Å². The Morgan fingerprint density at radius 2 is 1.56 bits per heavy atom. The van der Waals surface area contributed by atoms with Gasteiger partial charge in [-0.05, 0) is 46.9 Å². The first kappa shape index (κ1) is 20.8. The van der Waals surface area contributed by atoms with Crippen molar-refractivity contribution in [2.45, 2.75) is 13.5 Å². The number of thioether (sulfide) groups is 1. The summed E-state index contributed by atoms with van der Waals surface area (Å²) >= 11 is 2.04. The predicted octanol–water partition coefficient (Wildman–Crippen LogP) is 5.45. The van der Waals surface area contributed by atoms with Crippen molar-refractivity contribution in [3.63, 3.8) is 0 Å². The summed E-state index contributed by atoms with van der Waals surface area (Å²) in [6, 6.07) is 20.8. The second kappa shape index (κ2) is 8.81. The monoisotopic (exact) mass is 443 g/mol. The van der Waals surface area contributed by atoms with Gasteiger partial charge in [-0.2, -0.15) is 11.8 Å². The number of rotatable bonds is 5. The average molecular weight is 444 g/mol. The van der Waals surface area contributed by atoms with E-state index in [4.69, 9.17) is 0 Å². The first-order chi connectivity index (χ1) is 15.6. The van der Waals surface area contributed by atoms with Crippen LogP contribution in [-0.4, -0.2) is 50.5 Å². The Labute approximate surface area is 191 Å². The van der Waals surface area contributed by atoms with E-state index in [1.807, 2.05) is 36.9 Å². The molecule has 0 saturated carbocycles. The largest absolute Gasteiger partial charge is 0.478 e. The maximum atomic E-state index is 11.7. The lowest BCUT2D eigenvalue weighted by molar-refractivity contribution is 0.0699. The van der Waals surface area contributed by atoms with Gasteiger partial charge < -0.3 is 10.1 Å². The minimum absolute atomic E-state index is 0.216. The number of hydrogen-bond acceptors (Lipinski definition) is 4. The maximum absolute atomic E-state index is 11.7. The lowest BCUT2D eigenvalue weighted by Gasteiger charge is -2.26. The highest BCUT2D eigenvalue weighted by Crippen LogP contribution is 2.29. The molecule has 0 spiro atoms. The number of aromatic nitrogens is 2. The van der Waals surface area contributed by atoms with Crippen LogP contribution in [0.25, 0.3) is 33.3 Å². The summed E-state index contributed by atoms with van der Waals surface area (Å²) < 4.78 is 0. The van der Waals surface area contributed by atoms with Gasteiger partial charge in [-0.1, -0.05) is 48.5 Å². The molecule has 4 aromatic rings. The summed E-state index contributed by atoms with van der Waals surface area (Å²) in [6.07, 6.45) is 0. The average Bonchev–Trinajstić information content (AvgIpc) is 3.19. The molecule has 0 amide bonds. The number of nitrogens with zero attached hydrogens (tertiary/aromatic N) is 2. The van der Waals surface area contributed by atoms with E-state index in [1.54, 1.807) is 6.07 Å². The molecule has 2 N–H and O–H groups in total. The van der Waals surface area contributed by atoms with Gasteiger partial charge in [0.05, 0.1) is 11.1 Å². The first-order valence-corrected chi connectivity index (χ1v) is 12.0. The number of H-pyrrole nitrogens is 1. The number of nitrogens with one attached hydrogen (secondary N) is 1. The predicted molar refractivity (Wildman–Crippen MR) is 131 cm³/mol. The molecule has 1 aromatic heterocycles. The van der Waals surface area contributed by atoms with Crippen LogP contribution in [0.15, 0.2) is 60.7 Å². The number of imidazole rings is 1. The third-order valence-corrected chi connectivity index (χ3v) is 6.89. The van der Waals surface area contributed by atoms with E-state index in [0.29, 0.717) is 11.3 Å². The van der Waals surface area contributed by atoms with Crippen molar-refractivity contribution < 1.29 is 9.90 Å². The van der Waals surface area contributed by atoms with Gasteiger partial charge in [-0.3, -0.25) is 4.90 Å². The highest BCUT2D eigenvalue weighted by atomic mass is 32.2. The van der Waals surface area contributed by atoms with E-state index in [9.17, 15) is 9.90 Å². The van der Waals surface area contributed by atoms with Gasteiger partial charge in [0.2, 0.25) is 0 Å². The maximum Gasteiger partial charge on any atom is 0.337 e. The fraction of sp³-hybridized carbons (Fsp3) is 0.231. The summed E-state index contributed by atoms with van der Waals surface area (Å²) in [5.74, 6) is 2.19. The summed E-state index contributed by atoms with van der Waals surface area (Å²) in [6.45, 7) is 5.18. The van der Waals surface area contributed by atoms with E-state index in [0.717, 1.165) is 28.8 Å². The van der Waals surface area contributed by atoms with Crippen LogP contribution in [0, 0.1) is 6.92 Å². The number of carboxylic acid groups (broad SMARTS) is 1. The van der Waals surface area contributed by atoms with Crippen molar-refractivity contribution in [2.24, 2.45) is 0 Å². The minimum Gasteiger partial charge on any atom is -0.478 e. The Morgan fingerprint density at radius 1 is 0.969 bits per heavy atom. The van der Waals surface area contributed by atoms with Gasteiger partial charge in [0, 0.05) is 31.1 Å². The molecule has 0 unspecified atom stereocenters. The molecule has 5 nitrogen and oxygen atoms in total. The molecule has 1 saturated heterocycles. The molecular weight excluding hydrogens is 418 g/mol. The number of carbonyl (C=O) groups is 1. The Balaban J connectivity index is 1.38. The zero-order valence-electron chi connectivity index (χ0n) is 18.0. The third-order valence-electron chi connectivity index (χ3n) is 5.95. The lowest BCUT2D eigenvalue weighted by atomic mass is 9.98. The number of aromatic amines is 1. The van der Waals surface area contributed by atoms with E-state index < -0.39 is 5.97 Å². The van der Waals surface area contributed by atoms with Crippen molar-refractivity contribution in [2.75, 3.05) is 24.6 Å². The summed E-state index contributed by atoms with van der Waals surface area (Å²) in [7, 11) is 0. The Kier molecular flexibility index (Phi) is 5.72. The molecule has 1 aliphatic rings. The fourth-order valence-electron chi connectivity index (χ4n) is 4.25. The molecule has 1 fully saturated rings. The van der Waals surface area contributed by atoms with E-state index in [2.05, 4.69) is 51.3 Å². The third kappa shape index (κ3) is 4.29. The standard InChI is InChI=1S/C26H25N3O2S/c1-17-27-24-15-22(14-23(26(30)31)25(24)28-17)21-8-6-20(7-9-21)19-4-2-18(3-5-19)16-29-10-12-32-13-11-29/h2-9,14-15H,10-13,16H2,1H3,(H,27,28)(H,30,31). The van der Waals surface area contributed by atoms with Gasteiger partial charge >= 0.3 is 5.97 Å². The molecule has 162 valence electrons. The molecule has 2 heterocycles. The molecule has 3 aromatic carbocycles. The summed E-state index contributed by atoms with van der Waals surface area (Å²) in [5, 5.41) is 9.62. The quantitative estimate of drug-likeness (QED) is 0.429. The second-order valence-corrected chi connectivity index (χ2v) is 9.43. The number of carboxylic acids is 1. The van der Waals surface area contributed by atoms with Crippen molar-refractivity contribution >= 4 is 28.8 Å². The topological polar surface area (TPSA) is 69.2 Å². The number of aryl methyl sites for hydroxylation is 1. The van der Waals surface area contributed by atoms with Crippen LogP contribution in [0.3, 0.4) is 0 Å². The normalized spacial score (nSPS) is 14.7. The number of benzene rings is 3. The molecule has 32 heavy (non-hydrogen) atoms. The zero-order chi connectivity index (χ0) is 22.1. The first-order valence-electron chi connectivity index (χ1n) is 10.8. The van der Waals surface area contributed by atoms with Crippen molar-refractivity contribution in [1.29, 1.82) is 0 Å². The van der Waals surface area contributed by atoms with Crippen LogP contribution < -0.4 is 0 Å². The van der Waals surface area contributed by atoms with Gasteiger partial charge in [-0.15, -0.1) is 0 Å². The highest BCUT2D eigenvalue weighted by molar-refractivity contribution is 7.99. The van der Waals surface area contributed by atoms with E-state index in [1.165, 1.54) is 35.7 Å². The number of aromatic carboxylic acids is 1. The smallest absolute Gasteiger partial charge is 0.337 e. The Hall–Kier alpha value is -3.09. The van der Waals surface area contributed by atoms with Crippen LogP contribution in [0.5, 0.6) is 0 Å². The summed E-state index contributed by atoms with van der Waals surface area (Å²) in [5.41, 5.74) is 6.97.